The van der Waals surface area contributed by atoms with Crippen LogP contribution in [0.4, 0.5) is 5.13 Å². The molecule has 130 valence electrons. The van der Waals surface area contributed by atoms with Crippen molar-refractivity contribution < 1.29 is 19.6 Å². The average Bonchev–Trinajstić information content (AvgIpc) is 2.98. The highest BCUT2D eigenvalue weighted by atomic mass is 32.2. The summed E-state index contributed by atoms with van der Waals surface area (Å²) in [5.74, 6) is 0.175. The van der Waals surface area contributed by atoms with E-state index in [1.807, 2.05) is 6.07 Å². The number of ketones is 1. The zero-order chi connectivity index (χ0) is 18.0. The average molecular weight is 377 g/mol. The van der Waals surface area contributed by atoms with E-state index in [0.29, 0.717) is 27.2 Å². The Morgan fingerprint density at radius 3 is 3.00 bits per heavy atom. The molecule has 1 aromatic heterocycles. The number of para-hydroxylation sites is 1. The first-order valence-corrected chi connectivity index (χ1v) is 9.32. The van der Waals surface area contributed by atoms with Gasteiger partial charge in [-0.15, -0.1) is 10.2 Å². The van der Waals surface area contributed by atoms with Gasteiger partial charge in [-0.3, -0.25) is 4.79 Å². The van der Waals surface area contributed by atoms with Crippen LogP contribution in [0, 0.1) is 0 Å². The Bertz CT molecular complexity index is 814. The van der Waals surface area contributed by atoms with Crippen LogP contribution < -0.4 is 10.4 Å². The largest absolute Gasteiger partial charge is 0.535 e. The maximum absolute atomic E-state index is 12.2. The van der Waals surface area contributed by atoms with Gasteiger partial charge in [-0.25, -0.2) is 0 Å². The molecule has 0 aliphatic carbocycles. The quantitative estimate of drug-likeness (QED) is 0.398. The van der Waals surface area contributed by atoms with Gasteiger partial charge in [0.1, 0.15) is 17.3 Å². The lowest BCUT2D eigenvalue weighted by Gasteiger charge is -2.28. The molecule has 7 nitrogen and oxygen atoms in total. The number of Topliss-reactive ketones (excluding diaryl/α,β-unsaturated/α-hetero) is 1. The van der Waals surface area contributed by atoms with E-state index in [1.165, 1.54) is 23.1 Å². The highest BCUT2D eigenvalue weighted by Crippen LogP contribution is 2.38. The van der Waals surface area contributed by atoms with E-state index in [4.69, 9.17) is 10.4 Å². The number of thioether (sulfide) groups is 1. The predicted octanol–water partition coefficient (Wildman–Crippen LogP) is 2.19. The minimum absolute atomic E-state index is 0.0161. The van der Waals surface area contributed by atoms with Crippen LogP contribution in [0.2, 0.25) is 5.82 Å². The molecule has 1 aliphatic heterocycles. The van der Waals surface area contributed by atoms with Crippen LogP contribution in [0.15, 0.2) is 29.1 Å². The number of carbonyl (C=O) groups excluding carboxylic acids is 1. The van der Waals surface area contributed by atoms with Crippen LogP contribution >= 0.6 is 23.1 Å². The van der Waals surface area contributed by atoms with Crippen molar-refractivity contribution in [1.82, 2.24) is 10.2 Å². The van der Waals surface area contributed by atoms with Gasteiger partial charge in [0.25, 0.3) is 0 Å². The molecule has 2 aromatic rings. The lowest BCUT2D eigenvalue weighted by atomic mass is 9.64. The van der Waals surface area contributed by atoms with E-state index in [1.54, 1.807) is 12.1 Å². The molecular weight excluding hydrogens is 361 g/mol. The van der Waals surface area contributed by atoms with Crippen molar-refractivity contribution in [3.63, 3.8) is 0 Å². The van der Waals surface area contributed by atoms with Gasteiger partial charge in [0.2, 0.25) is 5.13 Å². The molecule has 1 aromatic carbocycles. The number of rotatable bonds is 6. The molecule has 10 heteroatoms. The molecular formula is C15H16BN3O4S2. The number of carbonyl (C=O) groups is 1. The van der Waals surface area contributed by atoms with Crippen LogP contribution in [0.3, 0.4) is 0 Å². The lowest BCUT2D eigenvalue weighted by Crippen LogP contribution is -2.35. The second kappa shape index (κ2) is 7.46. The zero-order valence-electron chi connectivity index (χ0n) is 13.2. The van der Waals surface area contributed by atoms with E-state index >= 15 is 0 Å². The van der Waals surface area contributed by atoms with Crippen molar-refractivity contribution in [3.05, 3.63) is 35.9 Å². The number of aliphatic hydroxyl groups is 1. The second-order valence-electron chi connectivity index (χ2n) is 5.65. The van der Waals surface area contributed by atoms with E-state index in [2.05, 4.69) is 16.8 Å². The standard InChI is InChI=1S/C15H16BN3O4S2/c1-8(20)12-4-2-3-9-5-10(16(22)23-13(9)12)6-11(21)7-24-15-19-18-14(17)25-15/h2-4,10,20,22H,1,5-7H2,(H2,17,18)/t10-/m1/s1. The third-order valence-corrected chi connectivity index (χ3v) is 5.75. The molecule has 0 radical (unpaired) electrons. The number of nitrogens with two attached hydrogens (primary N) is 1. The summed E-state index contributed by atoms with van der Waals surface area (Å²) in [5, 5.41) is 27.8. The summed E-state index contributed by atoms with van der Waals surface area (Å²) in [7, 11) is -1.11. The summed E-state index contributed by atoms with van der Waals surface area (Å²) < 4.78 is 6.18. The molecule has 1 atom stereocenters. The summed E-state index contributed by atoms with van der Waals surface area (Å²) in [4.78, 5) is 12.2. The number of aliphatic hydroxyl groups excluding tert-OH is 1. The molecule has 1 aliphatic rings. The zero-order valence-corrected chi connectivity index (χ0v) is 14.8. The smallest absolute Gasteiger partial charge is 0.526 e. The molecule has 0 amide bonds. The fourth-order valence-corrected chi connectivity index (χ4v) is 4.17. The summed E-state index contributed by atoms with van der Waals surface area (Å²) in [6.07, 6.45) is 0.673. The highest BCUT2D eigenvalue weighted by molar-refractivity contribution is 8.01. The lowest BCUT2D eigenvalue weighted by molar-refractivity contribution is -0.116. The molecule has 0 fully saturated rings. The predicted molar refractivity (Wildman–Crippen MR) is 98.8 cm³/mol. The summed E-state index contributed by atoms with van der Waals surface area (Å²) >= 11 is 2.51. The van der Waals surface area contributed by atoms with Crippen molar-refractivity contribution in [2.45, 2.75) is 23.0 Å². The Morgan fingerprint density at radius 1 is 1.52 bits per heavy atom. The Hall–Kier alpha value is -2.04. The van der Waals surface area contributed by atoms with Crippen molar-refractivity contribution in [3.8, 4) is 5.75 Å². The van der Waals surface area contributed by atoms with E-state index in [-0.39, 0.29) is 29.5 Å². The molecule has 0 spiro atoms. The van der Waals surface area contributed by atoms with E-state index in [9.17, 15) is 14.9 Å². The number of hydrogen-bond acceptors (Lipinski definition) is 9. The maximum Gasteiger partial charge on any atom is 0.526 e. The number of fused-ring (bicyclic) bond motifs is 1. The van der Waals surface area contributed by atoms with Gasteiger partial charge in [0.05, 0.1) is 11.3 Å². The molecule has 0 saturated carbocycles. The van der Waals surface area contributed by atoms with Gasteiger partial charge >= 0.3 is 7.12 Å². The van der Waals surface area contributed by atoms with Gasteiger partial charge in [-0.2, -0.15) is 0 Å². The summed E-state index contributed by atoms with van der Waals surface area (Å²) in [6, 6.07) is 5.30. The fourth-order valence-electron chi connectivity index (χ4n) is 2.66. The maximum atomic E-state index is 12.2. The van der Waals surface area contributed by atoms with E-state index in [0.717, 1.165) is 5.56 Å². The molecule has 0 saturated heterocycles. The molecule has 3 rings (SSSR count). The number of nitrogens with zero attached hydrogens (tertiary/aromatic N) is 2. The van der Waals surface area contributed by atoms with Crippen LogP contribution in [-0.4, -0.2) is 39.0 Å². The minimum Gasteiger partial charge on any atom is -0.535 e. The Kier molecular flexibility index (Phi) is 5.31. The van der Waals surface area contributed by atoms with Crippen molar-refractivity contribution in [2.75, 3.05) is 11.5 Å². The van der Waals surface area contributed by atoms with Crippen molar-refractivity contribution in [2.24, 2.45) is 0 Å². The first kappa shape index (κ1) is 17.8. The molecule has 0 unspecified atom stereocenters. The van der Waals surface area contributed by atoms with Crippen molar-refractivity contribution >= 4 is 46.9 Å². The normalized spacial score (nSPS) is 16.2. The molecule has 25 heavy (non-hydrogen) atoms. The second-order valence-corrected chi connectivity index (χ2v) is 7.88. The number of anilines is 1. The van der Waals surface area contributed by atoms with Gasteiger partial charge in [0, 0.05) is 12.2 Å². The van der Waals surface area contributed by atoms with Crippen LogP contribution in [0.1, 0.15) is 17.5 Å². The van der Waals surface area contributed by atoms with Crippen LogP contribution in [0.5, 0.6) is 5.75 Å². The highest BCUT2D eigenvalue weighted by Gasteiger charge is 2.37. The fraction of sp³-hybridized carbons (Fsp3) is 0.267. The number of hydrogen-bond donors (Lipinski definition) is 3. The van der Waals surface area contributed by atoms with Gasteiger partial charge in [-0.1, -0.05) is 41.8 Å². The molecule has 0 bridgehead atoms. The van der Waals surface area contributed by atoms with Crippen LogP contribution in [0.25, 0.3) is 5.76 Å². The Morgan fingerprint density at radius 2 is 2.32 bits per heavy atom. The Balaban J connectivity index is 1.63. The number of benzene rings is 1. The van der Waals surface area contributed by atoms with Crippen LogP contribution in [-0.2, 0) is 11.2 Å². The van der Waals surface area contributed by atoms with Gasteiger partial charge in [0.15, 0.2) is 4.34 Å². The van der Waals surface area contributed by atoms with Gasteiger partial charge < -0.3 is 20.5 Å². The minimum atomic E-state index is -1.11. The topological polar surface area (TPSA) is 119 Å². The summed E-state index contributed by atoms with van der Waals surface area (Å²) in [5.41, 5.74) is 6.79. The summed E-state index contributed by atoms with van der Waals surface area (Å²) in [6.45, 7) is 3.50. The number of nitrogen functional groups attached to an aromatic ring is 1. The monoisotopic (exact) mass is 377 g/mol. The van der Waals surface area contributed by atoms with Crippen molar-refractivity contribution in [1.29, 1.82) is 0 Å². The van der Waals surface area contributed by atoms with Gasteiger partial charge in [-0.05, 0) is 18.1 Å². The third kappa shape index (κ3) is 4.14. The Labute approximate surface area is 153 Å². The van der Waals surface area contributed by atoms with E-state index < -0.39 is 7.12 Å². The molecule has 2 heterocycles. The number of aromatic nitrogens is 2. The first-order valence-electron chi connectivity index (χ1n) is 7.52. The molecule has 4 N–H and O–H groups in total. The third-order valence-electron chi connectivity index (χ3n) is 3.80. The first-order chi connectivity index (χ1) is 11.9. The SMILES string of the molecule is C=C(O)c1cccc2c1OB(O)[C@@H](CC(=O)CSc1nnc(N)s1)C2.